The van der Waals surface area contributed by atoms with Crippen molar-refractivity contribution < 1.29 is 18.3 Å². The van der Waals surface area contributed by atoms with Gasteiger partial charge in [0.25, 0.3) is 11.8 Å². The predicted molar refractivity (Wildman–Crippen MR) is 101 cm³/mol. The zero-order valence-corrected chi connectivity index (χ0v) is 16.0. The summed E-state index contributed by atoms with van der Waals surface area (Å²) in [6.45, 7) is 0.351. The van der Waals surface area contributed by atoms with Crippen molar-refractivity contribution in [3.05, 3.63) is 53.5 Å². The molecule has 4 rings (SSSR count). The molecule has 1 aliphatic heterocycles. The maximum Gasteiger partial charge on any atom is 0.267 e. The third-order valence-corrected chi connectivity index (χ3v) is 4.87. The molecule has 0 bridgehead atoms. The average molecular weight is 418 g/mol. The number of nitrogens with zero attached hydrogens (tertiary/aromatic N) is 5. The van der Waals surface area contributed by atoms with Gasteiger partial charge in [0, 0.05) is 25.0 Å². The molecule has 1 saturated heterocycles. The highest BCUT2D eigenvalue weighted by Crippen LogP contribution is 2.31. The quantitative estimate of drug-likeness (QED) is 0.627. The van der Waals surface area contributed by atoms with E-state index in [2.05, 4.69) is 20.2 Å². The van der Waals surface area contributed by atoms with E-state index in [4.69, 9.17) is 20.8 Å². The van der Waals surface area contributed by atoms with Crippen molar-refractivity contribution in [1.82, 2.24) is 25.1 Å². The number of likely N-dealkylation sites (tertiary alicyclic amines) is 1. The van der Waals surface area contributed by atoms with E-state index >= 15 is 0 Å². The molecule has 2 aromatic heterocycles. The summed E-state index contributed by atoms with van der Waals surface area (Å²) in [7, 11) is 0. The molecule has 1 amide bonds. The van der Waals surface area contributed by atoms with Crippen molar-refractivity contribution in [3.63, 3.8) is 0 Å². The maximum absolute atomic E-state index is 13.3. The van der Waals surface area contributed by atoms with Gasteiger partial charge < -0.3 is 14.1 Å². The van der Waals surface area contributed by atoms with Gasteiger partial charge in [0.2, 0.25) is 5.89 Å². The van der Waals surface area contributed by atoms with Crippen LogP contribution in [0.5, 0.6) is 5.75 Å². The molecule has 1 fully saturated rings. The first-order chi connectivity index (χ1) is 14.1. The van der Waals surface area contributed by atoms with Gasteiger partial charge in [0.15, 0.2) is 6.61 Å². The lowest BCUT2D eigenvalue weighted by molar-refractivity contribution is -0.137. The minimum Gasteiger partial charge on any atom is -0.484 e. The molecule has 3 heterocycles. The van der Waals surface area contributed by atoms with Crippen molar-refractivity contribution in [1.29, 1.82) is 0 Å². The number of hydrogen-bond donors (Lipinski definition) is 0. The first kappa shape index (κ1) is 19.3. The maximum atomic E-state index is 13.3. The van der Waals surface area contributed by atoms with Crippen LogP contribution in [0.4, 0.5) is 4.39 Å². The van der Waals surface area contributed by atoms with E-state index in [1.807, 2.05) is 0 Å². The van der Waals surface area contributed by atoms with Gasteiger partial charge in [-0.15, -0.1) is 10.2 Å². The lowest BCUT2D eigenvalue weighted by Crippen LogP contribution is -2.41. The zero-order chi connectivity index (χ0) is 20.2. The second-order valence-corrected chi connectivity index (χ2v) is 6.91. The van der Waals surface area contributed by atoms with Crippen molar-refractivity contribution >= 4 is 17.5 Å². The number of aromatic nitrogens is 4. The van der Waals surface area contributed by atoms with Gasteiger partial charge in [-0.05, 0) is 31.4 Å². The van der Waals surface area contributed by atoms with Crippen LogP contribution in [0.25, 0.3) is 11.6 Å². The van der Waals surface area contributed by atoms with Crippen LogP contribution in [-0.2, 0) is 4.79 Å². The van der Waals surface area contributed by atoms with Crippen LogP contribution in [0, 0.1) is 5.82 Å². The van der Waals surface area contributed by atoms with Gasteiger partial charge in [-0.2, -0.15) is 0 Å². The topological polar surface area (TPSA) is 94.2 Å². The highest BCUT2D eigenvalue weighted by atomic mass is 35.5. The zero-order valence-electron chi connectivity index (χ0n) is 15.3. The minimum absolute atomic E-state index is 0.0619. The monoisotopic (exact) mass is 417 g/mol. The Bertz CT molecular complexity index is 1000. The van der Waals surface area contributed by atoms with Crippen molar-refractivity contribution in [2.24, 2.45) is 0 Å². The van der Waals surface area contributed by atoms with Crippen LogP contribution in [0.3, 0.4) is 0 Å². The molecular weight excluding hydrogens is 401 g/mol. The summed E-state index contributed by atoms with van der Waals surface area (Å²) in [6.07, 6.45) is 7.13. The van der Waals surface area contributed by atoms with Crippen LogP contribution in [0.15, 0.2) is 41.2 Å². The van der Waals surface area contributed by atoms with Gasteiger partial charge in [-0.3, -0.25) is 9.78 Å². The molecule has 150 valence electrons. The predicted octanol–water partition coefficient (Wildman–Crippen LogP) is 3.45. The van der Waals surface area contributed by atoms with Crippen molar-refractivity contribution in [2.45, 2.75) is 25.3 Å². The Hall–Kier alpha value is -3.07. The van der Waals surface area contributed by atoms with Crippen molar-refractivity contribution in [3.8, 4) is 17.3 Å². The van der Waals surface area contributed by atoms with E-state index < -0.39 is 5.82 Å². The lowest BCUT2D eigenvalue weighted by atomic mass is 10.0. The number of amides is 1. The molecule has 3 aromatic rings. The summed E-state index contributed by atoms with van der Waals surface area (Å²) >= 11 is 5.75. The van der Waals surface area contributed by atoms with Crippen LogP contribution in [0.2, 0.25) is 5.02 Å². The normalized spacial score (nSPS) is 16.6. The highest BCUT2D eigenvalue weighted by Gasteiger charge is 2.32. The number of carbonyl (C=O) groups excluding carboxylic acids is 1. The standard InChI is InChI=1S/C19H17ClFN5O3/c20-13-9-12(4-5-14(13)21)28-11-17(27)26-8-2-1-3-16(26)19-25-24-18(29-19)15-10-22-6-7-23-15/h4-7,9-10,16H,1-3,8,11H2/t16-/m0/s1. The van der Waals surface area contributed by atoms with Crippen LogP contribution in [0.1, 0.15) is 31.2 Å². The fourth-order valence-electron chi connectivity index (χ4n) is 3.16. The molecule has 0 unspecified atom stereocenters. The number of rotatable bonds is 5. The number of piperidine rings is 1. The second kappa shape index (κ2) is 8.52. The molecule has 29 heavy (non-hydrogen) atoms. The van der Waals surface area contributed by atoms with Gasteiger partial charge in [0.1, 0.15) is 23.3 Å². The number of ether oxygens (including phenoxy) is 1. The van der Waals surface area contributed by atoms with Crippen LogP contribution in [-0.4, -0.2) is 44.1 Å². The third kappa shape index (κ3) is 4.34. The van der Waals surface area contributed by atoms with Gasteiger partial charge in [-0.25, -0.2) is 9.37 Å². The van der Waals surface area contributed by atoms with Crippen LogP contribution < -0.4 is 4.74 Å². The molecule has 0 aliphatic carbocycles. The fourth-order valence-corrected chi connectivity index (χ4v) is 3.33. The number of carbonyl (C=O) groups is 1. The fraction of sp³-hybridized carbons (Fsp3) is 0.316. The van der Waals surface area contributed by atoms with Crippen molar-refractivity contribution in [2.75, 3.05) is 13.2 Å². The molecular formula is C19H17ClFN5O3. The Morgan fingerprint density at radius 3 is 3.00 bits per heavy atom. The highest BCUT2D eigenvalue weighted by molar-refractivity contribution is 6.30. The van der Waals surface area contributed by atoms with E-state index in [1.54, 1.807) is 11.1 Å². The molecule has 0 spiro atoms. The summed E-state index contributed by atoms with van der Waals surface area (Å²) in [5.41, 5.74) is 0.469. The molecule has 1 atom stereocenters. The van der Waals surface area contributed by atoms with Gasteiger partial charge >= 0.3 is 0 Å². The van der Waals surface area contributed by atoms with Gasteiger partial charge in [-0.1, -0.05) is 11.6 Å². The third-order valence-electron chi connectivity index (χ3n) is 4.58. The molecule has 0 N–H and O–H groups in total. The smallest absolute Gasteiger partial charge is 0.267 e. The van der Waals surface area contributed by atoms with Gasteiger partial charge in [0.05, 0.1) is 11.2 Å². The Kier molecular flexibility index (Phi) is 5.66. The van der Waals surface area contributed by atoms with E-state index in [-0.39, 0.29) is 29.5 Å². The van der Waals surface area contributed by atoms with E-state index in [0.29, 0.717) is 30.3 Å². The summed E-state index contributed by atoms with van der Waals surface area (Å²) in [5, 5.41) is 8.08. The molecule has 0 radical (unpaired) electrons. The lowest BCUT2D eigenvalue weighted by Gasteiger charge is -2.33. The second-order valence-electron chi connectivity index (χ2n) is 6.50. The van der Waals surface area contributed by atoms with Crippen LogP contribution >= 0.6 is 11.6 Å². The molecule has 1 aliphatic rings. The number of benzene rings is 1. The Morgan fingerprint density at radius 2 is 2.21 bits per heavy atom. The number of halogens is 2. The largest absolute Gasteiger partial charge is 0.484 e. The summed E-state index contributed by atoms with van der Waals surface area (Å²) < 4.78 is 24.5. The molecule has 8 nitrogen and oxygen atoms in total. The molecule has 10 heteroatoms. The molecule has 1 aromatic carbocycles. The summed E-state index contributed by atoms with van der Waals surface area (Å²) in [4.78, 5) is 22.6. The van der Waals surface area contributed by atoms with E-state index in [0.717, 1.165) is 12.8 Å². The Labute approximate surface area is 170 Å². The molecule has 0 saturated carbocycles. The first-order valence-electron chi connectivity index (χ1n) is 9.09. The SMILES string of the molecule is O=C(COc1ccc(F)c(Cl)c1)N1CCCC[C@H]1c1nnc(-c2cnccn2)o1. The van der Waals surface area contributed by atoms with E-state index in [1.165, 1.54) is 30.6 Å². The Balaban J connectivity index is 1.46. The first-order valence-corrected chi connectivity index (χ1v) is 9.47. The summed E-state index contributed by atoms with van der Waals surface area (Å²) in [6, 6.07) is 3.61. The average Bonchev–Trinajstić information content (AvgIpc) is 3.25. The van der Waals surface area contributed by atoms with E-state index in [9.17, 15) is 9.18 Å². The number of hydrogen-bond acceptors (Lipinski definition) is 7. The minimum atomic E-state index is -0.545. The summed E-state index contributed by atoms with van der Waals surface area (Å²) in [5.74, 6) is 0.152. The Morgan fingerprint density at radius 1 is 1.31 bits per heavy atom.